The highest BCUT2D eigenvalue weighted by Gasteiger charge is 2.30. The van der Waals surface area contributed by atoms with Crippen molar-refractivity contribution >= 4 is 16.9 Å². The Morgan fingerprint density at radius 1 is 1.00 bits per heavy atom. The van der Waals surface area contributed by atoms with Crippen molar-refractivity contribution in [3.05, 3.63) is 119 Å². The van der Waals surface area contributed by atoms with Gasteiger partial charge in [0.05, 0.1) is 19.5 Å². The van der Waals surface area contributed by atoms with Gasteiger partial charge in [0.2, 0.25) is 6.29 Å². The van der Waals surface area contributed by atoms with E-state index < -0.39 is 6.29 Å². The van der Waals surface area contributed by atoms with Crippen molar-refractivity contribution in [1.82, 2.24) is 5.32 Å². The van der Waals surface area contributed by atoms with Gasteiger partial charge in [-0.3, -0.25) is 4.79 Å². The van der Waals surface area contributed by atoms with Gasteiger partial charge in [-0.05, 0) is 41.0 Å². The van der Waals surface area contributed by atoms with E-state index in [9.17, 15) is 14.3 Å². The van der Waals surface area contributed by atoms with Gasteiger partial charge in [0.1, 0.15) is 11.4 Å². The molecule has 5 rings (SSSR count). The summed E-state index contributed by atoms with van der Waals surface area (Å²) < 4.78 is 30.9. The van der Waals surface area contributed by atoms with Gasteiger partial charge in [-0.15, -0.1) is 0 Å². The monoisotopic (exact) mass is 487 g/mol. The molecule has 36 heavy (non-hydrogen) atoms. The lowest BCUT2D eigenvalue weighted by Crippen LogP contribution is -2.32. The van der Waals surface area contributed by atoms with Crippen molar-refractivity contribution < 1.29 is 28.2 Å². The van der Waals surface area contributed by atoms with Crippen molar-refractivity contribution in [2.45, 2.75) is 38.4 Å². The summed E-state index contributed by atoms with van der Waals surface area (Å²) in [6.07, 6.45) is 3.37. The molecule has 184 valence electrons. The SMILES string of the molecule is O=C(NCc1ccc(F)cc1)C1=CC(c2coc3ccccc23)CC(OCc2ccc(CO)cc2)O1. The maximum absolute atomic E-state index is 13.2. The molecule has 1 aromatic heterocycles. The van der Waals surface area contributed by atoms with E-state index in [1.165, 1.54) is 12.1 Å². The molecule has 2 unspecified atom stereocenters. The van der Waals surface area contributed by atoms with Crippen LogP contribution in [0.1, 0.15) is 34.6 Å². The molecular weight excluding hydrogens is 461 g/mol. The van der Waals surface area contributed by atoms with Crippen LogP contribution in [0.15, 0.2) is 95.3 Å². The van der Waals surface area contributed by atoms with Crippen molar-refractivity contribution in [1.29, 1.82) is 0 Å². The Balaban J connectivity index is 1.34. The topological polar surface area (TPSA) is 80.9 Å². The number of halogens is 1. The van der Waals surface area contributed by atoms with Crippen LogP contribution >= 0.6 is 0 Å². The first-order valence-electron chi connectivity index (χ1n) is 11.8. The van der Waals surface area contributed by atoms with Gasteiger partial charge >= 0.3 is 0 Å². The molecule has 3 aromatic carbocycles. The molecule has 0 radical (unpaired) electrons. The fraction of sp³-hybridized carbons (Fsp3) is 0.207. The van der Waals surface area contributed by atoms with Gasteiger partial charge in [0.25, 0.3) is 5.91 Å². The molecule has 2 heterocycles. The van der Waals surface area contributed by atoms with E-state index in [2.05, 4.69) is 5.32 Å². The molecule has 1 amide bonds. The zero-order valence-electron chi connectivity index (χ0n) is 19.5. The largest absolute Gasteiger partial charge is 0.464 e. The Kier molecular flexibility index (Phi) is 7.11. The summed E-state index contributed by atoms with van der Waals surface area (Å²) in [5.74, 6) is -0.697. The number of carbonyl (C=O) groups excluding carboxylic acids is 1. The molecule has 2 atom stereocenters. The quantitative estimate of drug-likeness (QED) is 0.352. The first-order chi connectivity index (χ1) is 17.6. The van der Waals surface area contributed by atoms with Gasteiger partial charge in [-0.1, -0.05) is 54.6 Å². The van der Waals surface area contributed by atoms with Gasteiger partial charge in [0.15, 0.2) is 5.76 Å². The van der Waals surface area contributed by atoms with Crippen LogP contribution in [0.3, 0.4) is 0 Å². The third-order valence-electron chi connectivity index (χ3n) is 6.20. The Morgan fingerprint density at radius 3 is 2.50 bits per heavy atom. The minimum atomic E-state index is -0.655. The predicted molar refractivity (Wildman–Crippen MR) is 132 cm³/mol. The van der Waals surface area contributed by atoms with Crippen molar-refractivity contribution in [2.24, 2.45) is 0 Å². The van der Waals surface area contributed by atoms with E-state index in [1.807, 2.05) is 48.5 Å². The van der Waals surface area contributed by atoms with E-state index in [1.54, 1.807) is 24.5 Å². The lowest BCUT2D eigenvalue weighted by Gasteiger charge is -2.29. The first kappa shape index (κ1) is 23.8. The number of hydrogen-bond acceptors (Lipinski definition) is 5. The summed E-state index contributed by atoms with van der Waals surface area (Å²) in [4.78, 5) is 13.0. The number of para-hydroxylation sites is 1. The standard InChI is InChI=1S/C29H26FNO5/c30-23-11-9-19(10-12-23)15-31-29(33)27-13-22(25-18-34-26-4-2-1-3-24(25)26)14-28(36-27)35-17-21-7-5-20(16-32)6-8-21/h1-13,18,22,28,32H,14-17H2,(H,31,33). The Labute approximate surface area is 208 Å². The van der Waals surface area contributed by atoms with Crippen LogP contribution in [0, 0.1) is 5.82 Å². The number of carbonyl (C=O) groups is 1. The normalized spacial score (nSPS) is 17.4. The third-order valence-corrected chi connectivity index (χ3v) is 6.20. The molecule has 0 bridgehead atoms. The number of nitrogens with one attached hydrogen (secondary N) is 1. The molecule has 0 saturated carbocycles. The van der Waals surface area contributed by atoms with Crippen LogP contribution in [0.4, 0.5) is 4.39 Å². The summed E-state index contributed by atoms with van der Waals surface area (Å²) in [6.45, 7) is 0.510. The van der Waals surface area contributed by atoms with Crippen molar-refractivity contribution in [3.8, 4) is 0 Å². The summed E-state index contributed by atoms with van der Waals surface area (Å²) >= 11 is 0. The number of ether oxygens (including phenoxy) is 2. The van der Waals surface area contributed by atoms with Crippen molar-refractivity contribution in [3.63, 3.8) is 0 Å². The molecular formula is C29H26FNO5. The number of aliphatic hydroxyl groups excluding tert-OH is 1. The Morgan fingerprint density at radius 2 is 1.72 bits per heavy atom. The molecule has 1 aliphatic heterocycles. The number of benzene rings is 3. The second-order valence-electron chi connectivity index (χ2n) is 8.70. The zero-order chi connectivity index (χ0) is 24.9. The van der Waals surface area contributed by atoms with Crippen LogP contribution in [0.2, 0.25) is 0 Å². The number of fused-ring (bicyclic) bond motifs is 1. The van der Waals surface area contributed by atoms with E-state index in [0.717, 1.165) is 33.2 Å². The molecule has 0 saturated heterocycles. The average Bonchev–Trinajstić information content (AvgIpc) is 3.36. The number of rotatable bonds is 8. The summed E-state index contributed by atoms with van der Waals surface area (Å²) in [7, 11) is 0. The van der Waals surface area contributed by atoms with E-state index in [4.69, 9.17) is 13.9 Å². The van der Waals surface area contributed by atoms with Gasteiger partial charge in [-0.2, -0.15) is 0 Å². The first-order valence-corrected chi connectivity index (χ1v) is 11.8. The molecule has 0 spiro atoms. The highest BCUT2D eigenvalue weighted by atomic mass is 19.1. The Bertz CT molecular complexity index is 1360. The second kappa shape index (κ2) is 10.8. The van der Waals surface area contributed by atoms with Crippen LogP contribution in [0.25, 0.3) is 11.0 Å². The van der Waals surface area contributed by atoms with Crippen LogP contribution < -0.4 is 5.32 Å². The molecule has 0 aliphatic carbocycles. The second-order valence-corrected chi connectivity index (χ2v) is 8.70. The lowest BCUT2D eigenvalue weighted by molar-refractivity contribution is -0.150. The predicted octanol–water partition coefficient (Wildman–Crippen LogP) is 5.31. The van der Waals surface area contributed by atoms with Crippen molar-refractivity contribution in [2.75, 3.05) is 0 Å². The number of amides is 1. The minimum absolute atomic E-state index is 0.0194. The molecule has 6 nitrogen and oxygen atoms in total. The maximum atomic E-state index is 13.2. The van der Waals surface area contributed by atoms with E-state index in [-0.39, 0.29) is 36.6 Å². The summed E-state index contributed by atoms with van der Waals surface area (Å²) in [5, 5.41) is 13.1. The highest BCUT2D eigenvalue weighted by Crippen LogP contribution is 2.36. The van der Waals surface area contributed by atoms with E-state index >= 15 is 0 Å². The minimum Gasteiger partial charge on any atom is -0.464 e. The molecule has 4 aromatic rings. The number of aliphatic hydroxyl groups is 1. The number of allylic oxidation sites excluding steroid dienone is 1. The third kappa shape index (κ3) is 5.48. The van der Waals surface area contributed by atoms with Crippen LogP contribution in [0.5, 0.6) is 0 Å². The molecule has 1 aliphatic rings. The van der Waals surface area contributed by atoms with Gasteiger partial charge in [-0.25, -0.2) is 4.39 Å². The molecule has 0 fully saturated rings. The van der Waals surface area contributed by atoms with E-state index in [0.29, 0.717) is 13.0 Å². The highest BCUT2D eigenvalue weighted by molar-refractivity contribution is 5.92. The maximum Gasteiger partial charge on any atom is 0.286 e. The lowest BCUT2D eigenvalue weighted by atomic mass is 9.92. The fourth-order valence-electron chi connectivity index (χ4n) is 4.22. The summed E-state index contributed by atoms with van der Waals surface area (Å²) in [5.41, 5.74) is 4.26. The molecule has 2 N–H and O–H groups in total. The Hall–Kier alpha value is -3.94. The molecule has 7 heteroatoms. The van der Waals surface area contributed by atoms with Crippen LogP contribution in [-0.2, 0) is 34.0 Å². The van der Waals surface area contributed by atoms with Gasteiger partial charge in [0, 0.05) is 29.8 Å². The number of furan rings is 1. The number of hydrogen-bond donors (Lipinski definition) is 2. The smallest absolute Gasteiger partial charge is 0.286 e. The summed E-state index contributed by atoms with van der Waals surface area (Å²) in [6, 6.07) is 21.2. The van der Waals surface area contributed by atoms with Gasteiger partial charge < -0.3 is 24.3 Å². The fourth-order valence-corrected chi connectivity index (χ4v) is 4.22. The zero-order valence-corrected chi connectivity index (χ0v) is 19.5. The average molecular weight is 488 g/mol. The van der Waals surface area contributed by atoms with Crippen LogP contribution in [-0.4, -0.2) is 17.3 Å².